The van der Waals surface area contributed by atoms with Crippen molar-refractivity contribution in [2.75, 3.05) is 13.2 Å². The van der Waals surface area contributed by atoms with Gasteiger partial charge in [0.1, 0.15) is 11.8 Å². The highest BCUT2D eigenvalue weighted by molar-refractivity contribution is 5.83. The molecule has 1 N–H and O–H groups in total. The zero-order valence-electron chi connectivity index (χ0n) is 12.2. The number of carboxylic acids is 1. The van der Waals surface area contributed by atoms with Gasteiger partial charge in [-0.15, -0.1) is 0 Å². The molecule has 0 spiro atoms. The highest BCUT2D eigenvalue weighted by atomic mass is 16.5. The van der Waals surface area contributed by atoms with Crippen LogP contribution in [0.15, 0.2) is 24.3 Å². The van der Waals surface area contributed by atoms with Gasteiger partial charge >= 0.3 is 5.97 Å². The van der Waals surface area contributed by atoms with E-state index in [2.05, 4.69) is 0 Å². The molecule has 1 aromatic rings. The number of aryl methyl sites for hydroxylation is 1. The van der Waals surface area contributed by atoms with Crippen LogP contribution in [0.2, 0.25) is 0 Å². The summed E-state index contributed by atoms with van der Waals surface area (Å²) in [5.41, 5.74) is 1.02. The molecule has 21 heavy (non-hydrogen) atoms. The Morgan fingerprint density at radius 1 is 1.33 bits per heavy atom. The number of piperidine rings is 1. The molecule has 1 amide bonds. The second kappa shape index (κ2) is 7.11. The van der Waals surface area contributed by atoms with Crippen LogP contribution in [0, 0.1) is 6.92 Å². The molecule has 5 heteroatoms. The number of hydrogen-bond acceptors (Lipinski definition) is 3. The zero-order valence-corrected chi connectivity index (χ0v) is 12.2. The molecule has 114 valence electrons. The summed E-state index contributed by atoms with van der Waals surface area (Å²) in [5, 5.41) is 9.17. The van der Waals surface area contributed by atoms with Crippen molar-refractivity contribution in [1.29, 1.82) is 0 Å². The maximum Gasteiger partial charge on any atom is 0.326 e. The fraction of sp³-hybridized carbons (Fsp3) is 0.500. The standard InChI is InChI=1S/C16H21NO4/c1-12-6-2-3-8-14(12)21-11-9-15(18)17-10-5-4-7-13(17)16(19)20/h2-3,6,8,13H,4-5,7,9-11H2,1H3,(H,19,20)/t13-/m0/s1. The first-order valence-corrected chi connectivity index (χ1v) is 7.30. The smallest absolute Gasteiger partial charge is 0.326 e. The van der Waals surface area contributed by atoms with Crippen LogP contribution in [0.3, 0.4) is 0 Å². The van der Waals surface area contributed by atoms with Crippen molar-refractivity contribution in [3.63, 3.8) is 0 Å². The molecule has 0 saturated carbocycles. The Labute approximate surface area is 124 Å². The van der Waals surface area contributed by atoms with E-state index < -0.39 is 12.0 Å². The molecular formula is C16H21NO4. The largest absolute Gasteiger partial charge is 0.493 e. The number of nitrogens with zero attached hydrogens (tertiary/aromatic N) is 1. The molecule has 1 fully saturated rings. The minimum absolute atomic E-state index is 0.143. The predicted octanol–water partition coefficient (Wildman–Crippen LogP) is 2.23. The van der Waals surface area contributed by atoms with Crippen molar-refractivity contribution < 1.29 is 19.4 Å². The third-order valence-corrected chi connectivity index (χ3v) is 3.78. The number of carboxylic acid groups (broad SMARTS) is 1. The van der Waals surface area contributed by atoms with Crippen LogP contribution in [-0.2, 0) is 9.59 Å². The summed E-state index contributed by atoms with van der Waals surface area (Å²) in [7, 11) is 0. The Bertz CT molecular complexity index is 515. The average Bonchev–Trinajstić information content (AvgIpc) is 2.49. The topological polar surface area (TPSA) is 66.8 Å². The Kier molecular flexibility index (Phi) is 5.20. The highest BCUT2D eigenvalue weighted by Gasteiger charge is 2.31. The summed E-state index contributed by atoms with van der Waals surface area (Å²) < 4.78 is 5.60. The van der Waals surface area contributed by atoms with Crippen LogP contribution >= 0.6 is 0 Å². The van der Waals surface area contributed by atoms with Gasteiger partial charge in [0, 0.05) is 6.54 Å². The zero-order chi connectivity index (χ0) is 15.2. The average molecular weight is 291 g/mol. The second-order valence-corrected chi connectivity index (χ2v) is 5.30. The van der Waals surface area contributed by atoms with E-state index >= 15 is 0 Å². The molecule has 0 radical (unpaired) electrons. The van der Waals surface area contributed by atoms with Gasteiger partial charge in [0.05, 0.1) is 13.0 Å². The lowest BCUT2D eigenvalue weighted by atomic mass is 10.0. The van der Waals surface area contributed by atoms with Gasteiger partial charge in [0.25, 0.3) is 0 Å². The van der Waals surface area contributed by atoms with Crippen LogP contribution in [-0.4, -0.2) is 41.1 Å². The Balaban J connectivity index is 1.86. The maximum atomic E-state index is 12.2. The number of likely N-dealkylation sites (tertiary alicyclic amines) is 1. The van der Waals surface area contributed by atoms with Gasteiger partial charge in [0.15, 0.2) is 0 Å². The van der Waals surface area contributed by atoms with E-state index in [4.69, 9.17) is 4.74 Å². The number of carbonyl (C=O) groups is 2. The van der Waals surface area contributed by atoms with Gasteiger partial charge < -0.3 is 14.7 Å². The number of rotatable bonds is 5. The first-order valence-electron chi connectivity index (χ1n) is 7.30. The monoisotopic (exact) mass is 291 g/mol. The third-order valence-electron chi connectivity index (χ3n) is 3.78. The molecule has 1 aliphatic heterocycles. The molecule has 1 heterocycles. The summed E-state index contributed by atoms with van der Waals surface area (Å²) in [4.78, 5) is 24.8. The quantitative estimate of drug-likeness (QED) is 0.903. The number of carbonyl (C=O) groups excluding carboxylic acids is 1. The molecule has 5 nitrogen and oxygen atoms in total. The first kappa shape index (κ1) is 15.4. The summed E-state index contributed by atoms with van der Waals surface area (Å²) >= 11 is 0. The first-order chi connectivity index (χ1) is 10.1. The van der Waals surface area contributed by atoms with E-state index in [0.717, 1.165) is 24.2 Å². The molecule has 1 saturated heterocycles. The van der Waals surface area contributed by atoms with E-state index in [9.17, 15) is 14.7 Å². The molecular weight excluding hydrogens is 270 g/mol. The van der Waals surface area contributed by atoms with E-state index in [0.29, 0.717) is 13.0 Å². The van der Waals surface area contributed by atoms with Gasteiger partial charge in [-0.25, -0.2) is 4.79 Å². The normalized spacial score (nSPS) is 18.3. The van der Waals surface area contributed by atoms with E-state index in [1.165, 1.54) is 4.90 Å². The molecule has 0 aromatic heterocycles. The molecule has 1 aliphatic rings. The number of ether oxygens (including phenoxy) is 1. The van der Waals surface area contributed by atoms with Crippen molar-refractivity contribution in [2.45, 2.75) is 38.6 Å². The van der Waals surface area contributed by atoms with E-state index in [-0.39, 0.29) is 18.9 Å². The van der Waals surface area contributed by atoms with Crippen molar-refractivity contribution in [1.82, 2.24) is 4.90 Å². The van der Waals surface area contributed by atoms with Gasteiger partial charge in [-0.1, -0.05) is 18.2 Å². The Morgan fingerprint density at radius 3 is 2.81 bits per heavy atom. The van der Waals surface area contributed by atoms with Crippen molar-refractivity contribution >= 4 is 11.9 Å². The maximum absolute atomic E-state index is 12.2. The second-order valence-electron chi connectivity index (χ2n) is 5.30. The van der Waals surface area contributed by atoms with Crippen LogP contribution in [0.25, 0.3) is 0 Å². The number of benzene rings is 1. The Hall–Kier alpha value is -2.04. The van der Waals surface area contributed by atoms with Crippen LogP contribution in [0.4, 0.5) is 0 Å². The molecule has 2 rings (SSSR count). The molecule has 0 aliphatic carbocycles. The van der Waals surface area contributed by atoms with E-state index in [1.54, 1.807) is 0 Å². The van der Waals surface area contributed by atoms with Gasteiger partial charge in [-0.05, 0) is 37.8 Å². The summed E-state index contributed by atoms with van der Waals surface area (Å²) in [6.07, 6.45) is 2.48. The van der Waals surface area contributed by atoms with Crippen molar-refractivity contribution in [2.24, 2.45) is 0 Å². The van der Waals surface area contributed by atoms with Gasteiger partial charge in [-0.3, -0.25) is 4.79 Å². The van der Waals surface area contributed by atoms with Gasteiger partial charge in [0.2, 0.25) is 5.91 Å². The molecule has 1 atom stereocenters. The van der Waals surface area contributed by atoms with E-state index in [1.807, 2.05) is 31.2 Å². The fourth-order valence-corrected chi connectivity index (χ4v) is 2.60. The minimum atomic E-state index is -0.914. The fourth-order valence-electron chi connectivity index (χ4n) is 2.60. The van der Waals surface area contributed by atoms with Crippen molar-refractivity contribution in [3.8, 4) is 5.75 Å². The minimum Gasteiger partial charge on any atom is -0.493 e. The third kappa shape index (κ3) is 3.97. The number of amides is 1. The summed E-state index contributed by atoms with van der Waals surface area (Å²) in [6.45, 7) is 2.74. The van der Waals surface area contributed by atoms with Gasteiger partial charge in [-0.2, -0.15) is 0 Å². The van der Waals surface area contributed by atoms with Crippen LogP contribution in [0.5, 0.6) is 5.75 Å². The highest BCUT2D eigenvalue weighted by Crippen LogP contribution is 2.19. The van der Waals surface area contributed by atoms with Crippen LogP contribution in [0.1, 0.15) is 31.2 Å². The van der Waals surface area contributed by atoms with Crippen molar-refractivity contribution in [3.05, 3.63) is 29.8 Å². The Morgan fingerprint density at radius 2 is 2.10 bits per heavy atom. The molecule has 0 unspecified atom stereocenters. The predicted molar refractivity (Wildman–Crippen MR) is 78.3 cm³/mol. The summed E-state index contributed by atoms with van der Waals surface area (Å²) in [6, 6.07) is 6.95. The number of aliphatic carboxylic acids is 1. The number of para-hydroxylation sites is 1. The lowest BCUT2D eigenvalue weighted by Crippen LogP contribution is -2.48. The molecule has 1 aromatic carbocycles. The number of hydrogen-bond donors (Lipinski definition) is 1. The lowest BCUT2D eigenvalue weighted by molar-refractivity contribution is -0.152. The van der Waals surface area contributed by atoms with Crippen LogP contribution < -0.4 is 4.74 Å². The SMILES string of the molecule is Cc1ccccc1OCCC(=O)N1CCCC[C@H]1C(=O)O. The molecule has 0 bridgehead atoms. The summed E-state index contributed by atoms with van der Waals surface area (Å²) in [5.74, 6) is -0.294. The lowest BCUT2D eigenvalue weighted by Gasteiger charge is -2.33.